The third kappa shape index (κ3) is 3.29. The minimum atomic E-state index is -0.353. The summed E-state index contributed by atoms with van der Waals surface area (Å²) in [5.41, 5.74) is 8.17. The van der Waals surface area contributed by atoms with E-state index in [1.807, 2.05) is 0 Å². The lowest BCUT2D eigenvalue weighted by molar-refractivity contribution is 0.0999. The van der Waals surface area contributed by atoms with Crippen LogP contribution < -0.4 is 5.73 Å². The Morgan fingerprint density at radius 2 is 1.71 bits per heavy atom. The summed E-state index contributed by atoms with van der Waals surface area (Å²) in [6.45, 7) is 0. The van der Waals surface area contributed by atoms with E-state index in [0.717, 1.165) is 30.5 Å². The Labute approximate surface area is 102 Å². The minimum Gasteiger partial charge on any atom is -0.366 e. The van der Waals surface area contributed by atoms with Crippen LogP contribution in [0.5, 0.6) is 0 Å². The molecule has 17 heavy (non-hydrogen) atoms. The first-order valence-corrected chi connectivity index (χ1v) is 6.55. The van der Waals surface area contributed by atoms with Crippen LogP contribution in [0.4, 0.5) is 0 Å². The van der Waals surface area contributed by atoms with Crippen molar-refractivity contribution >= 4 is 5.91 Å². The van der Waals surface area contributed by atoms with E-state index in [-0.39, 0.29) is 5.91 Å². The van der Waals surface area contributed by atoms with E-state index >= 15 is 0 Å². The van der Waals surface area contributed by atoms with Crippen molar-refractivity contribution < 1.29 is 4.79 Å². The third-order valence-corrected chi connectivity index (χ3v) is 3.44. The van der Waals surface area contributed by atoms with E-state index < -0.39 is 0 Å². The molecule has 0 aliphatic heterocycles. The molecule has 1 aliphatic carbocycles. The molecule has 2 bridgehead atoms. The van der Waals surface area contributed by atoms with Gasteiger partial charge in [0.1, 0.15) is 0 Å². The first-order chi connectivity index (χ1) is 8.27. The number of aromatic nitrogens is 1. The van der Waals surface area contributed by atoms with E-state index in [0.29, 0.717) is 5.56 Å². The van der Waals surface area contributed by atoms with Crippen molar-refractivity contribution in [3.8, 4) is 0 Å². The highest BCUT2D eigenvalue weighted by atomic mass is 16.1. The summed E-state index contributed by atoms with van der Waals surface area (Å²) in [5, 5.41) is 0. The zero-order valence-corrected chi connectivity index (χ0v) is 10.2. The van der Waals surface area contributed by atoms with Crippen LogP contribution >= 0.6 is 0 Å². The van der Waals surface area contributed by atoms with Crippen LogP contribution in [-0.2, 0) is 12.8 Å². The summed E-state index contributed by atoms with van der Waals surface area (Å²) < 4.78 is 0. The van der Waals surface area contributed by atoms with Gasteiger partial charge < -0.3 is 5.73 Å². The number of aryl methyl sites for hydroxylation is 2. The molecule has 1 heterocycles. The highest BCUT2D eigenvalue weighted by Gasteiger charge is 2.10. The van der Waals surface area contributed by atoms with Gasteiger partial charge in [0.05, 0.1) is 5.56 Å². The molecule has 2 rings (SSSR count). The fourth-order valence-corrected chi connectivity index (χ4v) is 2.44. The average molecular weight is 232 g/mol. The van der Waals surface area contributed by atoms with Crippen molar-refractivity contribution in [1.29, 1.82) is 0 Å². The molecule has 0 atom stereocenters. The molecular formula is C14H20N2O. The fourth-order valence-electron chi connectivity index (χ4n) is 2.44. The van der Waals surface area contributed by atoms with Crippen LogP contribution in [0.2, 0.25) is 0 Å². The van der Waals surface area contributed by atoms with Crippen LogP contribution in [0.25, 0.3) is 0 Å². The summed E-state index contributed by atoms with van der Waals surface area (Å²) in [6.07, 6.45) is 11.1. The summed E-state index contributed by atoms with van der Waals surface area (Å²) in [5.74, 6) is -0.353. The number of hydrogen-bond acceptors (Lipinski definition) is 2. The number of amides is 1. The Balaban J connectivity index is 2.24. The molecule has 0 fully saturated rings. The summed E-state index contributed by atoms with van der Waals surface area (Å²) in [4.78, 5) is 15.7. The van der Waals surface area contributed by atoms with E-state index in [4.69, 9.17) is 5.73 Å². The van der Waals surface area contributed by atoms with Gasteiger partial charge >= 0.3 is 0 Å². The van der Waals surface area contributed by atoms with E-state index in [1.165, 1.54) is 32.1 Å². The maximum Gasteiger partial charge on any atom is 0.250 e. The second-order valence-electron chi connectivity index (χ2n) is 4.82. The van der Waals surface area contributed by atoms with Gasteiger partial charge in [0.2, 0.25) is 0 Å². The third-order valence-electron chi connectivity index (χ3n) is 3.44. The monoisotopic (exact) mass is 232 g/mol. The Bertz CT molecular complexity index is 401. The zero-order chi connectivity index (χ0) is 12.1. The zero-order valence-electron chi connectivity index (χ0n) is 10.2. The fraction of sp³-hybridized carbons (Fsp3) is 0.571. The smallest absolute Gasteiger partial charge is 0.250 e. The molecule has 3 heteroatoms. The van der Waals surface area contributed by atoms with Gasteiger partial charge in [-0.3, -0.25) is 9.78 Å². The highest BCUT2D eigenvalue weighted by molar-refractivity contribution is 5.94. The number of fused-ring (bicyclic) bond motifs is 2. The van der Waals surface area contributed by atoms with Gasteiger partial charge in [-0.25, -0.2) is 0 Å². The molecule has 0 unspecified atom stereocenters. The highest BCUT2D eigenvalue weighted by Crippen LogP contribution is 2.17. The second kappa shape index (κ2) is 5.80. The number of nitrogens with two attached hydrogens (primary N) is 1. The van der Waals surface area contributed by atoms with Gasteiger partial charge in [-0.15, -0.1) is 0 Å². The van der Waals surface area contributed by atoms with Gasteiger partial charge in [-0.1, -0.05) is 25.7 Å². The van der Waals surface area contributed by atoms with Crippen molar-refractivity contribution in [1.82, 2.24) is 4.98 Å². The van der Waals surface area contributed by atoms with Crippen LogP contribution in [0.15, 0.2) is 12.3 Å². The molecule has 0 saturated carbocycles. The number of nitrogens with zero attached hydrogens (tertiary/aromatic N) is 1. The van der Waals surface area contributed by atoms with Gasteiger partial charge in [0.15, 0.2) is 0 Å². The molecule has 0 spiro atoms. The van der Waals surface area contributed by atoms with Gasteiger partial charge in [0, 0.05) is 11.9 Å². The molecule has 1 aromatic heterocycles. The molecule has 0 saturated heterocycles. The summed E-state index contributed by atoms with van der Waals surface area (Å²) in [7, 11) is 0. The number of carbonyl (C=O) groups is 1. The van der Waals surface area contributed by atoms with Crippen LogP contribution in [0.3, 0.4) is 0 Å². The number of primary amides is 1. The molecule has 1 aromatic rings. The Morgan fingerprint density at radius 1 is 1.06 bits per heavy atom. The minimum absolute atomic E-state index is 0.353. The molecule has 1 aliphatic rings. The summed E-state index contributed by atoms with van der Waals surface area (Å²) >= 11 is 0. The lowest BCUT2D eigenvalue weighted by Gasteiger charge is -2.08. The van der Waals surface area contributed by atoms with Crippen molar-refractivity contribution in [2.75, 3.05) is 0 Å². The van der Waals surface area contributed by atoms with Crippen molar-refractivity contribution in [2.24, 2.45) is 5.73 Å². The Hall–Kier alpha value is -1.38. The number of rotatable bonds is 1. The standard InChI is InChI=1S/C14H20N2O/c15-14(17)13-10-16-12-8-6-4-2-1-3-5-7-11(13)9-12/h9-10H,1-8H2,(H2,15,17). The lowest BCUT2D eigenvalue weighted by atomic mass is 10.0. The predicted molar refractivity (Wildman–Crippen MR) is 67.9 cm³/mol. The van der Waals surface area contributed by atoms with E-state index in [9.17, 15) is 4.79 Å². The maximum absolute atomic E-state index is 11.3. The summed E-state index contributed by atoms with van der Waals surface area (Å²) in [6, 6.07) is 2.07. The second-order valence-corrected chi connectivity index (χ2v) is 4.82. The molecule has 1 amide bonds. The SMILES string of the molecule is NC(=O)c1cnc2cc1CCCCCCCC2. The van der Waals surface area contributed by atoms with Crippen molar-refractivity contribution in [3.05, 3.63) is 29.1 Å². The van der Waals surface area contributed by atoms with E-state index in [1.54, 1.807) is 6.20 Å². The lowest BCUT2D eigenvalue weighted by Crippen LogP contribution is -2.15. The van der Waals surface area contributed by atoms with Crippen molar-refractivity contribution in [2.45, 2.75) is 51.4 Å². The Morgan fingerprint density at radius 3 is 2.41 bits per heavy atom. The Kier molecular flexibility index (Phi) is 4.13. The predicted octanol–water partition coefficient (Wildman–Crippen LogP) is 2.62. The van der Waals surface area contributed by atoms with Gasteiger partial charge in [-0.05, 0) is 37.3 Å². The number of hydrogen-bond donors (Lipinski definition) is 1. The molecule has 2 N–H and O–H groups in total. The van der Waals surface area contributed by atoms with Gasteiger partial charge in [-0.2, -0.15) is 0 Å². The quantitative estimate of drug-likeness (QED) is 0.809. The molecular weight excluding hydrogens is 212 g/mol. The molecule has 92 valence electrons. The van der Waals surface area contributed by atoms with Crippen LogP contribution in [0.1, 0.15) is 60.1 Å². The number of carbonyl (C=O) groups excluding carboxylic acids is 1. The first-order valence-electron chi connectivity index (χ1n) is 6.55. The topological polar surface area (TPSA) is 56.0 Å². The van der Waals surface area contributed by atoms with E-state index in [2.05, 4.69) is 11.1 Å². The average Bonchev–Trinajstić information content (AvgIpc) is 2.35. The maximum atomic E-state index is 11.3. The normalized spacial score (nSPS) is 17.2. The van der Waals surface area contributed by atoms with Crippen molar-refractivity contribution in [3.63, 3.8) is 0 Å². The van der Waals surface area contributed by atoms with Crippen LogP contribution in [-0.4, -0.2) is 10.9 Å². The van der Waals surface area contributed by atoms with Gasteiger partial charge in [0.25, 0.3) is 5.91 Å². The molecule has 0 radical (unpaired) electrons. The molecule has 3 nitrogen and oxygen atoms in total. The van der Waals surface area contributed by atoms with Crippen LogP contribution in [0, 0.1) is 0 Å². The molecule has 0 aromatic carbocycles. The largest absolute Gasteiger partial charge is 0.366 e. The number of pyridine rings is 1. The first kappa shape index (κ1) is 12.1.